The predicted octanol–water partition coefficient (Wildman–Crippen LogP) is 1.25. The molecule has 1 aromatic rings. The number of nitrogens with one attached hydrogen (secondary N) is 1. The fraction of sp³-hybridized carbons (Fsp3) is 0.700. The molecule has 1 aromatic heterocycles. The maximum absolute atomic E-state index is 5.37. The van der Waals surface area contributed by atoms with Gasteiger partial charge in [-0.15, -0.1) is 0 Å². The Morgan fingerprint density at radius 3 is 3.14 bits per heavy atom. The van der Waals surface area contributed by atoms with E-state index in [1.165, 1.54) is 0 Å². The van der Waals surface area contributed by atoms with Crippen molar-refractivity contribution < 1.29 is 9.26 Å². The highest BCUT2D eigenvalue weighted by Crippen LogP contribution is 2.20. The maximum atomic E-state index is 5.37. The smallest absolute Gasteiger partial charge is 0.144 e. The number of hydrogen-bond donors (Lipinski definition) is 1. The molecule has 0 atom stereocenters. The van der Waals surface area contributed by atoms with Crippen LogP contribution in [-0.4, -0.2) is 17.8 Å². The van der Waals surface area contributed by atoms with Crippen LogP contribution in [0.2, 0.25) is 0 Å². The number of hydrogen-bond acceptors (Lipinski definition) is 4. The SMILES string of the molecule is CC(C)NCc1noc2c1COCC2. The first kappa shape index (κ1) is 9.68. The van der Waals surface area contributed by atoms with Crippen molar-refractivity contribution in [3.05, 3.63) is 17.0 Å². The molecule has 14 heavy (non-hydrogen) atoms. The van der Waals surface area contributed by atoms with Crippen molar-refractivity contribution in [3.63, 3.8) is 0 Å². The summed E-state index contributed by atoms with van der Waals surface area (Å²) >= 11 is 0. The van der Waals surface area contributed by atoms with Crippen LogP contribution in [0.4, 0.5) is 0 Å². The van der Waals surface area contributed by atoms with E-state index >= 15 is 0 Å². The standard InChI is InChI=1S/C10H16N2O2/c1-7(2)11-5-9-8-6-13-4-3-10(8)14-12-9/h7,11H,3-6H2,1-2H3. The number of ether oxygens (including phenoxy) is 1. The molecule has 0 unspecified atom stereocenters. The fourth-order valence-corrected chi connectivity index (χ4v) is 1.52. The van der Waals surface area contributed by atoms with Gasteiger partial charge in [0.1, 0.15) is 11.5 Å². The second-order valence-corrected chi connectivity index (χ2v) is 3.87. The molecule has 4 nitrogen and oxygen atoms in total. The molecular formula is C10H16N2O2. The predicted molar refractivity (Wildman–Crippen MR) is 51.8 cm³/mol. The first-order valence-corrected chi connectivity index (χ1v) is 5.05. The summed E-state index contributed by atoms with van der Waals surface area (Å²) in [6, 6.07) is 0.465. The largest absolute Gasteiger partial charge is 0.376 e. The molecule has 1 aliphatic heterocycles. The summed E-state index contributed by atoms with van der Waals surface area (Å²) in [7, 11) is 0. The summed E-state index contributed by atoms with van der Waals surface area (Å²) in [4.78, 5) is 0. The van der Waals surface area contributed by atoms with Crippen molar-refractivity contribution in [3.8, 4) is 0 Å². The van der Waals surface area contributed by atoms with Crippen LogP contribution < -0.4 is 5.32 Å². The lowest BCUT2D eigenvalue weighted by atomic mass is 10.1. The van der Waals surface area contributed by atoms with Crippen LogP contribution in [0.1, 0.15) is 30.9 Å². The summed E-state index contributed by atoms with van der Waals surface area (Å²) in [5.74, 6) is 0.997. The number of fused-ring (bicyclic) bond motifs is 1. The van der Waals surface area contributed by atoms with E-state index in [0.717, 1.165) is 36.6 Å². The van der Waals surface area contributed by atoms with Gasteiger partial charge in [0.15, 0.2) is 0 Å². The molecule has 2 heterocycles. The molecule has 4 heteroatoms. The van der Waals surface area contributed by atoms with Crippen molar-refractivity contribution in [1.82, 2.24) is 10.5 Å². The molecule has 0 saturated carbocycles. The molecule has 78 valence electrons. The Bertz CT molecular complexity index is 307. The Kier molecular flexibility index (Phi) is 2.84. The van der Waals surface area contributed by atoms with Crippen molar-refractivity contribution in [2.75, 3.05) is 6.61 Å². The topological polar surface area (TPSA) is 47.3 Å². The van der Waals surface area contributed by atoms with E-state index in [1.807, 2.05) is 0 Å². The van der Waals surface area contributed by atoms with Crippen LogP contribution in [0, 0.1) is 0 Å². The highest BCUT2D eigenvalue weighted by atomic mass is 16.5. The lowest BCUT2D eigenvalue weighted by Gasteiger charge is -2.11. The third-order valence-electron chi connectivity index (χ3n) is 2.35. The van der Waals surface area contributed by atoms with Crippen LogP contribution in [0.25, 0.3) is 0 Å². The molecule has 0 bridgehead atoms. The zero-order chi connectivity index (χ0) is 9.97. The molecule has 1 aliphatic rings. The van der Waals surface area contributed by atoms with E-state index in [0.29, 0.717) is 12.6 Å². The molecule has 0 amide bonds. The lowest BCUT2D eigenvalue weighted by Crippen LogP contribution is -2.23. The minimum Gasteiger partial charge on any atom is -0.376 e. The van der Waals surface area contributed by atoms with Gasteiger partial charge in [0, 0.05) is 24.6 Å². The maximum Gasteiger partial charge on any atom is 0.144 e. The van der Waals surface area contributed by atoms with E-state index in [4.69, 9.17) is 9.26 Å². The van der Waals surface area contributed by atoms with Crippen molar-refractivity contribution >= 4 is 0 Å². The molecule has 2 rings (SSSR count). The van der Waals surface area contributed by atoms with Crippen LogP contribution >= 0.6 is 0 Å². The average molecular weight is 196 g/mol. The highest BCUT2D eigenvalue weighted by molar-refractivity contribution is 5.23. The zero-order valence-corrected chi connectivity index (χ0v) is 8.67. The van der Waals surface area contributed by atoms with E-state index in [2.05, 4.69) is 24.3 Å². The van der Waals surface area contributed by atoms with Crippen molar-refractivity contribution in [2.24, 2.45) is 0 Å². The van der Waals surface area contributed by atoms with Gasteiger partial charge >= 0.3 is 0 Å². The summed E-state index contributed by atoms with van der Waals surface area (Å²) in [5.41, 5.74) is 2.14. The molecule has 0 fully saturated rings. The Labute approximate surface area is 83.6 Å². The lowest BCUT2D eigenvalue weighted by molar-refractivity contribution is 0.102. The van der Waals surface area contributed by atoms with Crippen molar-refractivity contribution in [2.45, 2.75) is 39.5 Å². The summed E-state index contributed by atoms with van der Waals surface area (Å²) in [6.45, 7) is 6.39. The third kappa shape index (κ3) is 1.96. The average Bonchev–Trinajstić information content (AvgIpc) is 2.58. The van der Waals surface area contributed by atoms with Crippen LogP contribution in [-0.2, 0) is 24.3 Å². The van der Waals surface area contributed by atoms with E-state index in [-0.39, 0.29) is 0 Å². The first-order valence-electron chi connectivity index (χ1n) is 5.05. The summed E-state index contributed by atoms with van der Waals surface area (Å²) < 4.78 is 10.6. The van der Waals surface area contributed by atoms with Gasteiger partial charge in [-0.05, 0) is 0 Å². The van der Waals surface area contributed by atoms with Crippen LogP contribution in [0.15, 0.2) is 4.52 Å². The monoisotopic (exact) mass is 196 g/mol. The van der Waals surface area contributed by atoms with Gasteiger partial charge in [-0.3, -0.25) is 0 Å². The minimum atomic E-state index is 0.465. The molecule has 1 N–H and O–H groups in total. The van der Waals surface area contributed by atoms with Gasteiger partial charge in [-0.1, -0.05) is 19.0 Å². The van der Waals surface area contributed by atoms with Gasteiger partial charge in [0.05, 0.1) is 13.2 Å². The molecule has 0 aliphatic carbocycles. The quantitative estimate of drug-likeness (QED) is 0.790. The van der Waals surface area contributed by atoms with E-state index < -0.39 is 0 Å². The highest BCUT2D eigenvalue weighted by Gasteiger charge is 2.19. The third-order valence-corrected chi connectivity index (χ3v) is 2.35. The first-order chi connectivity index (χ1) is 6.77. The van der Waals surface area contributed by atoms with E-state index in [9.17, 15) is 0 Å². The van der Waals surface area contributed by atoms with Gasteiger partial charge in [-0.2, -0.15) is 0 Å². The zero-order valence-electron chi connectivity index (χ0n) is 8.67. The molecule has 0 radical (unpaired) electrons. The Morgan fingerprint density at radius 1 is 1.50 bits per heavy atom. The molecule has 0 saturated heterocycles. The summed E-state index contributed by atoms with van der Waals surface area (Å²) in [5, 5.41) is 7.37. The number of rotatable bonds is 3. The van der Waals surface area contributed by atoms with Gasteiger partial charge < -0.3 is 14.6 Å². The number of nitrogens with zero attached hydrogens (tertiary/aromatic N) is 1. The number of aromatic nitrogens is 1. The second kappa shape index (κ2) is 4.11. The van der Waals surface area contributed by atoms with Gasteiger partial charge in [0.25, 0.3) is 0 Å². The fourth-order valence-electron chi connectivity index (χ4n) is 1.52. The van der Waals surface area contributed by atoms with Crippen molar-refractivity contribution in [1.29, 1.82) is 0 Å². The second-order valence-electron chi connectivity index (χ2n) is 3.87. The Balaban J connectivity index is 2.06. The van der Waals surface area contributed by atoms with Gasteiger partial charge in [-0.25, -0.2) is 0 Å². The molecule has 0 spiro atoms. The Morgan fingerprint density at radius 2 is 2.36 bits per heavy atom. The molecular weight excluding hydrogens is 180 g/mol. The van der Waals surface area contributed by atoms with E-state index in [1.54, 1.807) is 0 Å². The van der Waals surface area contributed by atoms with Crippen LogP contribution in [0.3, 0.4) is 0 Å². The molecule has 0 aromatic carbocycles. The minimum absolute atomic E-state index is 0.465. The van der Waals surface area contributed by atoms with Gasteiger partial charge in [0.2, 0.25) is 0 Å². The summed E-state index contributed by atoms with van der Waals surface area (Å²) in [6.07, 6.45) is 0.851. The Hall–Kier alpha value is -0.870. The normalized spacial score (nSPS) is 15.9. The van der Waals surface area contributed by atoms with Crippen LogP contribution in [0.5, 0.6) is 0 Å².